The summed E-state index contributed by atoms with van der Waals surface area (Å²) in [5.74, 6) is -0.150. The average molecular weight is 305 g/mol. The summed E-state index contributed by atoms with van der Waals surface area (Å²) in [6, 6.07) is 10.3. The maximum Gasteiger partial charge on any atom is 0.211 e. The smallest absolute Gasteiger partial charge is 0.211 e. The summed E-state index contributed by atoms with van der Waals surface area (Å²) in [7, 11) is -3.48. The summed E-state index contributed by atoms with van der Waals surface area (Å²) in [6.45, 7) is 0. The van der Waals surface area contributed by atoms with Crippen LogP contribution in [-0.2, 0) is 15.6 Å². The van der Waals surface area contributed by atoms with Crippen LogP contribution < -0.4 is 5.73 Å². The number of hydrogen-bond donors (Lipinski definition) is 1. The predicted octanol–water partition coefficient (Wildman–Crippen LogP) is 2.25. The number of pyridine rings is 1. The van der Waals surface area contributed by atoms with Gasteiger partial charge in [0.1, 0.15) is 0 Å². The highest BCUT2D eigenvalue weighted by molar-refractivity contribution is 7.92. The van der Waals surface area contributed by atoms with Gasteiger partial charge in [0.2, 0.25) is 14.2 Å². The van der Waals surface area contributed by atoms with Gasteiger partial charge in [-0.15, -0.1) is 11.3 Å². The Morgan fingerprint density at radius 2 is 2.05 bits per heavy atom. The Hall–Kier alpha value is -1.99. The van der Waals surface area contributed by atoms with Crippen LogP contribution in [0.4, 0.5) is 5.69 Å². The van der Waals surface area contributed by atoms with Crippen molar-refractivity contribution < 1.29 is 8.42 Å². The number of benzene rings is 1. The average Bonchev–Trinajstić information content (AvgIpc) is 2.83. The van der Waals surface area contributed by atoms with Gasteiger partial charge in [-0.05, 0) is 30.3 Å². The van der Waals surface area contributed by atoms with E-state index in [9.17, 15) is 8.42 Å². The molecule has 2 aromatic heterocycles. The molecule has 20 heavy (non-hydrogen) atoms. The molecule has 0 fully saturated rings. The normalized spacial score (nSPS) is 11.8. The molecule has 0 unspecified atom stereocenters. The second-order valence-electron chi connectivity index (χ2n) is 4.29. The first-order chi connectivity index (χ1) is 9.54. The van der Waals surface area contributed by atoms with Gasteiger partial charge in [-0.25, -0.2) is 13.4 Å². The number of nitrogens with two attached hydrogens (primary N) is 1. The molecular weight excluding hydrogens is 294 g/mol. The van der Waals surface area contributed by atoms with Crippen molar-refractivity contribution in [2.75, 3.05) is 5.73 Å². The minimum absolute atomic E-state index is 0.101. The second-order valence-corrected chi connectivity index (χ2v) is 7.48. The SMILES string of the molecule is Nc1ccc2nc(S(=O)(=O)Cc3ccccn3)sc2c1. The van der Waals surface area contributed by atoms with Crippen LogP contribution in [0.5, 0.6) is 0 Å². The van der Waals surface area contributed by atoms with E-state index in [0.717, 1.165) is 16.0 Å². The summed E-state index contributed by atoms with van der Waals surface area (Å²) >= 11 is 1.13. The first-order valence-electron chi connectivity index (χ1n) is 5.83. The molecule has 0 spiro atoms. The van der Waals surface area contributed by atoms with Gasteiger partial charge < -0.3 is 5.73 Å². The standard InChI is InChI=1S/C13H11N3O2S2/c14-9-4-5-11-12(7-9)19-13(16-11)20(17,18)8-10-3-1-2-6-15-10/h1-7H,8,14H2. The van der Waals surface area contributed by atoms with E-state index < -0.39 is 9.84 Å². The molecule has 2 N–H and O–H groups in total. The first kappa shape index (κ1) is 13.0. The Morgan fingerprint density at radius 3 is 2.80 bits per heavy atom. The van der Waals surface area contributed by atoms with Crippen LogP contribution in [0.3, 0.4) is 0 Å². The molecule has 0 aliphatic rings. The van der Waals surface area contributed by atoms with E-state index in [1.165, 1.54) is 0 Å². The zero-order valence-corrected chi connectivity index (χ0v) is 12.0. The van der Waals surface area contributed by atoms with Gasteiger partial charge in [0, 0.05) is 11.9 Å². The zero-order valence-electron chi connectivity index (χ0n) is 10.4. The van der Waals surface area contributed by atoms with Crippen molar-refractivity contribution >= 4 is 37.1 Å². The van der Waals surface area contributed by atoms with E-state index in [-0.39, 0.29) is 10.1 Å². The highest BCUT2D eigenvalue weighted by Crippen LogP contribution is 2.28. The number of fused-ring (bicyclic) bond motifs is 1. The molecule has 0 saturated heterocycles. The lowest BCUT2D eigenvalue weighted by atomic mass is 10.3. The van der Waals surface area contributed by atoms with Crippen LogP contribution in [0.25, 0.3) is 10.2 Å². The molecular formula is C13H11N3O2S2. The maximum atomic E-state index is 12.3. The Morgan fingerprint density at radius 1 is 1.20 bits per heavy atom. The molecule has 0 bridgehead atoms. The molecule has 5 nitrogen and oxygen atoms in total. The van der Waals surface area contributed by atoms with Crippen LogP contribution in [0.2, 0.25) is 0 Å². The highest BCUT2D eigenvalue weighted by atomic mass is 32.2. The molecule has 0 radical (unpaired) electrons. The van der Waals surface area contributed by atoms with Crippen molar-refractivity contribution in [3.63, 3.8) is 0 Å². The van der Waals surface area contributed by atoms with Gasteiger partial charge in [-0.3, -0.25) is 4.98 Å². The lowest BCUT2D eigenvalue weighted by molar-refractivity contribution is 0.594. The maximum absolute atomic E-state index is 12.3. The first-order valence-corrected chi connectivity index (χ1v) is 8.30. The fourth-order valence-electron chi connectivity index (χ4n) is 1.79. The monoisotopic (exact) mass is 305 g/mol. The fourth-order valence-corrected chi connectivity index (χ4v) is 4.41. The summed E-state index contributed by atoms with van der Waals surface area (Å²) in [5, 5.41) is 0. The third kappa shape index (κ3) is 2.50. The topological polar surface area (TPSA) is 85.9 Å². The molecule has 0 aliphatic carbocycles. The van der Waals surface area contributed by atoms with Crippen LogP contribution in [0, 0.1) is 0 Å². The molecule has 0 amide bonds. The van der Waals surface area contributed by atoms with Gasteiger partial charge in [0.25, 0.3) is 0 Å². The largest absolute Gasteiger partial charge is 0.399 e. The van der Waals surface area contributed by atoms with E-state index in [1.54, 1.807) is 42.6 Å². The molecule has 2 heterocycles. The minimum atomic E-state index is -3.48. The number of anilines is 1. The van der Waals surface area contributed by atoms with Crippen LogP contribution in [0.1, 0.15) is 5.69 Å². The molecule has 3 rings (SSSR count). The number of sulfone groups is 1. The minimum Gasteiger partial charge on any atom is -0.399 e. The lowest BCUT2D eigenvalue weighted by Crippen LogP contribution is -2.05. The van der Waals surface area contributed by atoms with Crippen molar-refractivity contribution in [3.05, 3.63) is 48.3 Å². The van der Waals surface area contributed by atoms with Gasteiger partial charge in [-0.2, -0.15) is 0 Å². The van der Waals surface area contributed by atoms with E-state index in [1.807, 2.05) is 0 Å². The lowest BCUT2D eigenvalue weighted by Gasteiger charge is -1.99. The number of rotatable bonds is 3. The van der Waals surface area contributed by atoms with Crippen molar-refractivity contribution in [2.45, 2.75) is 10.1 Å². The molecule has 1 aromatic carbocycles. The van der Waals surface area contributed by atoms with E-state index in [4.69, 9.17) is 5.73 Å². The van der Waals surface area contributed by atoms with Gasteiger partial charge >= 0.3 is 0 Å². The summed E-state index contributed by atoms with van der Waals surface area (Å²) in [4.78, 5) is 8.20. The highest BCUT2D eigenvalue weighted by Gasteiger charge is 2.21. The van der Waals surface area contributed by atoms with Crippen LogP contribution in [0.15, 0.2) is 46.9 Å². The fraction of sp³-hybridized carbons (Fsp3) is 0.0769. The van der Waals surface area contributed by atoms with E-state index in [0.29, 0.717) is 16.9 Å². The van der Waals surface area contributed by atoms with Gasteiger partial charge in [-0.1, -0.05) is 6.07 Å². The predicted molar refractivity (Wildman–Crippen MR) is 79.2 cm³/mol. The van der Waals surface area contributed by atoms with Crippen molar-refractivity contribution in [1.29, 1.82) is 0 Å². The van der Waals surface area contributed by atoms with Crippen LogP contribution >= 0.6 is 11.3 Å². The quantitative estimate of drug-likeness (QED) is 0.750. The number of nitrogens with zero attached hydrogens (tertiary/aromatic N) is 2. The molecule has 0 atom stereocenters. The molecule has 3 aromatic rings. The van der Waals surface area contributed by atoms with E-state index in [2.05, 4.69) is 9.97 Å². The van der Waals surface area contributed by atoms with Crippen LogP contribution in [-0.4, -0.2) is 18.4 Å². The van der Waals surface area contributed by atoms with Gasteiger partial charge in [0.05, 0.1) is 21.7 Å². The Bertz CT molecular complexity index is 858. The van der Waals surface area contributed by atoms with E-state index >= 15 is 0 Å². The van der Waals surface area contributed by atoms with Crippen molar-refractivity contribution in [2.24, 2.45) is 0 Å². The summed E-state index contributed by atoms with van der Waals surface area (Å²) in [5.41, 5.74) is 7.43. The number of nitrogen functional groups attached to an aromatic ring is 1. The Kier molecular flexibility index (Phi) is 3.15. The molecule has 0 saturated carbocycles. The second kappa shape index (κ2) is 4.84. The number of hydrogen-bond acceptors (Lipinski definition) is 6. The number of aromatic nitrogens is 2. The Labute approximate surface area is 120 Å². The molecule has 102 valence electrons. The molecule has 7 heteroatoms. The summed E-state index contributed by atoms with van der Waals surface area (Å²) in [6.07, 6.45) is 1.57. The zero-order chi connectivity index (χ0) is 14.2. The third-order valence-corrected chi connectivity index (χ3v) is 5.85. The third-order valence-electron chi connectivity index (χ3n) is 2.72. The molecule has 0 aliphatic heterocycles. The van der Waals surface area contributed by atoms with Crippen molar-refractivity contribution in [3.8, 4) is 0 Å². The number of thiazole rings is 1. The van der Waals surface area contributed by atoms with Gasteiger partial charge in [0.15, 0.2) is 0 Å². The van der Waals surface area contributed by atoms with Crippen molar-refractivity contribution in [1.82, 2.24) is 9.97 Å². The summed E-state index contributed by atoms with van der Waals surface area (Å²) < 4.78 is 25.5. The Balaban J connectivity index is 2.01.